The number of thiol groups is 1. The van der Waals surface area contributed by atoms with Gasteiger partial charge in [-0.05, 0) is 6.66 Å². The van der Waals surface area contributed by atoms with E-state index in [1.807, 2.05) is 0 Å². The molecule has 1 rings (SSSR count). The summed E-state index contributed by atoms with van der Waals surface area (Å²) in [5.41, 5.74) is -2.19. The van der Waals surface area contributed by atoms with Crippen LogP contribution in [0.5, 0.6) is 0 Å². The lowest BCUT2D eigenvalue weighted by Crippen LogP contribution is -2.33. The van der Waals surface area contributed by atoms with Crippen molar-refractivity contribution in [3.8, 4) is 0 Å². The zero-order valence-corrected chi connectivity index (χ0v) is 11.5. The summed E-state index contributed by atoms with van der Waals surface area (Å²) in [6, 6.07) is -0.481. The molecule has 1 aliphatic rings. The van der Waals surface area contributed by atoms with E-state index in [9.17, 15) is 4.39 Å². The Kier molecular flexibility index (Phi) is 5.09. The molecule has 0 saturated carbocycles. The number of hydrogen-bond donors (Lipinski definition) is 1. The molecule has 1 heterocycles. The van der Waals surface area contributed by atoms with Gasteiger partial charge in [-0.25, -0.2) is 4.39 Å². The van der Waals surface area contributed by atoms with Crippen LogP contribution < -0.4 is 0 Å². The zero-order chi connectivity index (χ0) is 11.6. The Balaban J connectivity index is 2.68. The topological polar surface area (TPSA) is 27.7 Å². The van der Waals surface area contributed by atoms with E-state index in [-0.39, 0.29) is 0 Å². The molecule has 1 aliphatic heterocycles. The van der Waals surface area contributed by atoms with Crippen LogP contribution in [-0.2, 0) is 25.8 Å². The third-order valence-corrected chi connectivity index (χ3v) is 3.34. The van der Waals surface area contributed by atoms with Gasteiger partial charge in [0.2, 0.25) is 0 Å². The van der Waals surface area contributed by atoms with E-state index in [1.165, 1.54) is 0 Å². The number of halogens is 1. The molecular weight excluding hydrogens is 257 g/mol. The summed E-state index contributed by atoms with van der Waals surface area (Å²) in [7, 11) is 3.22. The van der Waals surface area contributed by atoms with Gasteiger partial charge in [0.25, 0.3) is 0 Å². The fraction of sp³-hybridized carbons (Fsp3) is 1.00. The maximum absolute atomic E-state index is 13.7. The summed E-state index contributed by atoms with van der Waals surface area (Å²) in [6.07, 6.45) is -2.22. The van der Waals surface area contributed by atoms with Gasteiger partial charge in [0, 0.05) is 7.11 Å². The van der Waals surface area contributed by atoms with Gasteiger partial charge in [0.05, 0.1) is 12.6 Å². The molecule has 0 radical (unpaired) electrons. The lowest BCUT2D eigenvalue weighted by molar-refractivity contribution is -0.00770. The first-order valence-electron chi connectivity index (χ1n) is 4.62. The predicted octanol–water partition coefficient (Wildman–Crippen LogP) is 0.583. The minimum atomic E-state index is -2.19. The highest BCUT2D eigenvalue weighted by Crippen LogP contribution is 2.51. The maximum Gasteiger partial charge on any atom is 0.147 e. The Labute approximate surface area is 101 Å². The Morgan fingerprint density at radius 2 is 2.27 bits per heavy atom. The van der Waals surface area contributed by atoms with Gasteiger partial charge in [0.1, 0.15) is 31.7 Å². The molecule has 0 spiro atoms. The first kappa shape index (κ1) is 13.9. The molecule has 0 N–H and O–H groups in total. The molecule has 0 bridgehead atoms. The molecule has 0 aromatic heterocycles. The highest BCUT2D eigenvalue weighted by molar-refractivity contribution is 8.61. The van der Waals surface area contributed by atoms with E-state index in [1.54, 1.807) is 21.6 Å². The number of alkyl halides is 1. The zero-order valence-electron chi connectivity index (χ0n) is 8.92. The Morgan fingerprint density at radius 3 is 2.73 bits per heavy atom. The van der Waals surface area contributed by atoms with Crippen LogP contribution in [0.3, 0.4) is 0 Å². The average Bonchev–Trinajstić information content (AvgIpc) is 2.32. The van der Waals surface area contributed by atoms with Crippen LogP contribution in [0.15, 0.2) is 0 Å². The molecule has 1 fully saturated rings. The molecule has 3 nitrogen and oxygen atoms in total. The molecule has 0 aromatic rings. The van der Waals surface area contributed by atoms with Crippen molar-refractivity contribution in [3.05, 3.63) is 0 Å². The lowest BCUT2D eigenvalue weighted by atomic mass is 9.94. The van der Waals surface area contributed by atoms with Crippen molar-refractivity contribution < 1.29 is 18.4 Å². The quantitative estimate of drug-likeness (QED) is 0.460. The smallest absolute Gasteiger partial charge is 0.147 e. The third-order valence-electron chi connectivity index (χ3n) is 2.17. The molecule has 8 heteroatoms. The molecular formula is C7H15BFO3PS2. The fourth-order valence-electron chi connectivity index (χ4n) is 1.55. The van der Waals surface area contributed by atoms with Crippen molar-refractivity contribution in [1.82, 2.24) is 0 Å². The minimum Gasteiger partial charge on any atom is -0.382 e. The molecule has 5 atom stereocenters. The normalized spacial score (nSPS) is 40.3. The average molecular weight is 272 g/mol. The monoisotopic (exact) mass is 272 g/mol. The van der Waals surface area contributed by atoms with Gasteiger partial charge in [-0.15, -0.1) is 12.2 Å². The Bertz CT molecular complexity index is 265. The lowest BCUT2D eigenvalue weighted by Gasteiger charge is -2.23. The molecule has 3 unspecified atom stereocenters. The summed E-state index contributed by atoms with van der Waals surface area (Å²) in [5, 5.41) is 0. The van der Waals surface area contributed by atoms with Gasteiger partial charge in [-0.3, -0.25) is 0 Å². The SMILES string of the molecule is B[C@@H]1O[C@H](COC)C(OP(C)(=S)S)C1F. The van der Waals surface area contributed by atoms with Gasteiger partial charge in [0.15, 0.2) is 0 Å². The van der Waals surface area contributed by atoms with Crippen molar-refractivity contribution in [1.29, 1.82) is 0 Å². The predicted molar refractivity (Wildman–Crippen MR) is 68.0 cm³/mol. The van der Waals surface area contributed by atoms with E-state index in [4.69, 9.17) is 25.8 Å². The molecule has 0 aliphatic carbocycles. The fourth-order valence-corrected chi connectivity index (χ4v) is 2.88. The van der Waals surface area contributed by atoms with E-state index in [0.717, 1.165) is 0 Å². The molecule has 1 saturated heterocycles. The second-order valence-electron chi connectivity index (χ2n) is 3.65. The third kappa shape index (κ3) is 3.98. The Hall–Kier alpha value is 0.875. The largest absolute Gasteiger partial charge is 0.382 e. The van der Waals surface area contributed by atoms with Crippen LogP contribution in [0.4, 0.5) is 4.39 Å². The van der Waals surface area contributed by atoms with Crippen LogP contribution in [0, 0.1) is 0 Å². The first-order valence-corrected chi connectivity index (χ1v) is 8.94. The van der Waals surface area contributed by atoms with E-state index in [2.05, 4.69) is 12.2 Å². The second kappa shape index (κ2) is 5.47. The van der Waals surface area contributed by atoms with Crippen LogP contribution in [-0.4, -0.2) is 52.6 Å². The van der Waals surface area contributed by atoms with Gasteiger partial charge in [-0.2, -0.15) is 0 Å². The number of rotatable bonds is 4. The molecule has 0 aromatic carbocycles. The van der Waals surface area contributed by atoms with Crippen molar-refractivity contribution >= 4 is 37.4 Å². The van der Waals surface area contributed by atoms with Crippen molar-refractivity contribution in [2.24, 2.45) is 0 Å². The standard InChI is InChI=1S/C7H15BFO3PS2/c1-10-3-4-6(12-13(2,14)15)5(9)7(8)11-4/h4-7H,3,8H2,1-2H3,(H,14,15)/t4-,5?,6?,7-/m1/s1. The minimum absolute atomic E-state index is 0.304. The highest BCUT2D eigenvalue weighted by Gasteiger charge is 2.44. The van der Waals surface area contributed by atoms with Crippen LogP contribution in [0.1, 0.15) is 0 Å². The molecule has 88 valence electrons. The second-order valence-corrected chi connectivity index (χ2v) is 10.7. The van der Waals surface area contributed by atoms with Gasteiger partial charge in [-0.1, -0.05) is 11.8 Å². The van der Waals surface area contributed by atoms with Crippen LogP contribution >= 0.6 is 17.7 Å². The Morgan fingerprint density at radius 1 is 1.67 bits per heavy atom. The maximum atomic E-state index is 13.7. The summed E-state index contributed by atoms with van der Waals surface area (Å²) < 4.78 is 29.5. The van der Waals surface area contributed by atoms with Gasteiger partial charge < -0.3 is 14.0 Å². The number of ether oxygens (including phenoxy) is 2. The summed E-state index contributed by atoms with van der Waals surface area (Å²) in [6.45, 7) is 2.00. The van der Waals surface area contributed by atoms with E-state index in [0.29, 0.717) is 6.61 Å². The summed E-state index contributed by atoms with van der Waals surface area (Å²) >= 11 is 9.19. The van der Waals surface area contributed by atoms with Crippen molar-refractivity contribution in [3.63, 3.8) is 0 Å². The van der Waals surface area contributed by atoms with Gasteiger partial charge >= 0.3 is 0 Å². The molecule has 15 heavy (non-hydrogen) atoms. The number of hydrogen-bond acceptors (Lipinski definition) is 4. The van der Waals surface area contributed by atoms with Crippen LogP contribution in [0.25, 0.3) is 0 Å². The van der Waals surface area contributed by atoms with Crippen molar-refractivity contribution in [2.45, 2.75) is 24.4 Å². The molecule has 0 amide bonds. The summed E-state index contributed by atoms with van der Waals surface area (Å²) in [4.78, 5) is 0. The van der Waals surface area contributed by atoms with E-state index < -0.39 is 29.8 Å². The summed E-state index contributed by atoms with van der Waals surface area (Å²) in [5.74, 6) is 0. The van der Waals surface area contributed by atoms with E-state index >= 15 is 0 Å². The number of methoxy groups -OCH3 is 1. The van der Waals surface area contributed by atoms with Crippen molar-refractivity contribution in [2.75, 3.05) is 20.4 Å². The van der Waals surface area contributed by atoms with Crippen LogP contribution in [0.2, 0.25) is 0 Å². The first-order chi connectivity index (χ1) is 6.85. The highest BCUT2D eigenvalue weighted by atomic mass is 32.9.